The van der Waals surface area contributed by atoms with Crippen LogP contribution in [0.5, 0.6) is 0 Å². The second-order valence-corrected chi connectivity index (χ2v) is 8.94. The smallest absolute Gasteiger partial charge is 0.269 e. The van der Waals surface area contributed by atoms with Crippen molar-refractivity contribution in [2.24, 2.45) is 0 Å². The largest absolute Gasteiger partial charge is 0.298 e. The molecular formula is C25H37N2O2+. The summed E-state index contributed by atoms with van der Waals surface area (Å²) in [5.41, 5.74) is 3.89. The van der Waals surface area contributed by atoms with Crippen molar-refractivity contribution in [3.8, 4) is 0 Å². The monoisotopic (exact) mass is 397 g/mol. The first-order chi connectivity index (χ1) is 13.6. The number of rotatable bonds is 9. The van der Waals surface area contributed by atoms with E-state index in [0.29, 0.717) is 0 Å². The van der Waals surface area contributed by atoms with E-state index in [0.717, 1.165) is 30.2 Å². The van der Waals surface area contributed by atoms with Crippen LogP contribution in [0.2, 0.25) is 0 Å². The Morgan fingerprint density at radius 1 is 0.724 bits per heavy atom. The molecule has 0 amide bonds. The molecule has 0 heterocycles. The Hall–Kier alpha value is -2.20. The first-order valence-electron chi connectivity index (χ1n) is 10.8. The molecule has 0 radical (unpaired) electrons. The Balaban J connectivity index is 2.68. The van der Waals surface area contributed by atoms with E-state index >= 15 is 0 Å². The first-order valence-corrected chi connectivity index (χ1v) is 10.8. The molecule has 29 heavy (non-hydrogen) atoms. The van der Waals surface area contributed by atoms with Crippen LogP contribution in [0.3, 0.4) is 0 Å². The van der Waals surface area contributed by atoms with E-state index in [1.54, 1.807) is 12.1 Å². The van der Waals surface area contributed by atoms with Gasteiger partial charge in [0.15, 0.2) is 0 Å². The van der Waals surface area contributed by atoms with Crippen molar-refractivity contribution in [3.63, 3.8) is 0 Å². The number of benzene rings is 2. The van der Waals surface area contributed by atoms with Crippen LogP contribution in [0.15, 0.2) is 48.5 Å². The third kappa shape index (κ3) is 3.95. The Kier molecular flexibility index (Phi) is 6.89. The molecule has 0 atom stereocenters. The summed E-state index contributed by atoms with van der Waals surface area (Å²) < 4.78 is 0.792. The number of non-ortho nitro benzene ring substituents is 1. The lowest BCUT2D eigenvalue weighted by molar-refractivity contribution is -0.384. The molecule has 0 bridgehead atoms. The Bertz CT molecular complexity index is 809. The van der Waals surface area contributed by atoms with Gasteiger partial charge in [-0.15, -0.1) is 0 Å². The first kappa shape index (κ1) is 23.1. The SMILES string of the molecule is CCC(CC)(c1ccc([N+](=O)[O-])cc1)C(CC)(CC)c1ccc([N+](C)(C)C)cc1. The molecule has 0 saturated carbocycles. The summed E-state index contributed by atoms with van der Waals surface area (Å²) >= 11 is 0. The van der Waals surface area contributed by atoms with E-state index in [2.05, 4.69) is 73.1 Å². The van der Waals surface area contributed by atoms with Crippen molar-refractivity contribution < 1.29 is 4.92 Å². The quantitative estimate of drug-likeness (QED) is 0.271. The topological polar surface area (TPSA) is 43.1 Å². The zero-order chi connectivity index (χ0) is 21.9. The van der Waals surface area contributed by atoms with Crippen molar-refractivity contribution in [2.45, 2.75) is 64.2 Å². The van der Waals surface area contributed by atoms with Gasteiger partial charge in [0, 0.05) is 23.0 Å². The van der Waals surface area contributed by atoms with Crippen molar-refractivity contribution in [1.29, 1.82) is 0 Å². The van der Waals surface area contributed by atoms with Gasteiger partial charge in [-0.1, -0.05) is 52.0 Å². The van der Waals surface area contributed by atoms with E-state index in [1.165, 1.54) is 16.8 Å². The fraction of sp³-hybridized carbons (Fsp3) is 0.520. The average molecular weight is 398 g/mol. The van der Waals surface area contributed by atoms with Gasteiger partial charge in [-0.2, -0.15) is 0 Å². The minimum atomic E-state index is -0.320. The maximum atomic E-state index is 11.1. The summed E-state index contributed by atoms with van der Waals surface area (Å²) in [7, 11) is 6.55. The minimum Gasteiger partial charge on any atom is -0.298 e. The summed E-state index contributed by atoms with van der Waals surface area (Å²) in [6.45, 7) is 9.07. The van der Waals surface area contributed by atoms with Crippen molar-refractivity contribution in [1.82, 2.24) is 4.48 Å². The van der Waals surface area contributed by atoms with E-state index in [4.69, 9.17) is 0 Å². The summed E-state index contributed by atoms with van der Waals surface area (Å²) in [5, 5.41) is 11.1. The van der Waals surface area contributed by atoms with Crippen LogP contribution >= 0.6 is 0 Å². The van der Waals surface area contributed by atoms with Gasteiger partial charge in [-0.05, 0) is 48.9 Å². The molecule has 0 aliphatic rings. The van der Waals surface area contributed by atoms with E-state index < -0.39 is 0 Å². The van der Waals surface area contributed by atoms with E-state index in [9.17, 15) is 10.1 Å². The maximum absolute atomic E-state index is 11.1. The maximum Gasteiger partial charge on any atom is 0.269 e. The van der Waals surface area contributed by atoms with Gasteiger partial charge >= 0.3 is 0 Å². The molecule has 2 rings (SSSR count). The molecule has 158 valence electrons. The van der Waals surface area contributed by atoms with Crippen LogP contribution in [-0.4, -0.2) is 26.1 Å². The molecular weight excluding hydrogens is 360 g/mol. The van der Waals surface area contributed by atoms with Crippen molar-refractivity contribution in [2.75, 3.05) is 21.1 Å². The number of nitro groups is 1. The molecule has 0 N–H and O–H groups in total. The Labute approximate surface area is 176 Å². The lowest BCUT2D eigenvalue weighted by Gasteiger charge is -2.51. The van der Waals surface area contributed by atoms with Crippen LogP contribution in [-0.2, 0) is 10.8 Å². The normalized spacial score (nSPS) is 12.8. The zero-order valence-electron chi connectivity index (χ0n) is 19.2. The van der Waals surface area contributed by atoms with Gasteiger partial charge in [0.2, 0.25) is 0 Å². The van der Waals surface area contributed by atoms with Gasteiger partial charge in [-0.3, -0.25) is 14.6 Å². The van der Waals surface area contributed by atoms with Crippen LogP contribution in [0, 0.1) is 10.1 Å². The predicted octanol–water partition coefficient (Wildman–Crippen LogP) is 6.61. The number of quaternary nitrogens is 1. The van der Waals surface area contributed by atoms with Crippen LogP contribution in [0.25, 0.3) is 0 Å². The molecule has 0 fully saturated rings. The molecule has 2 aromatic carbocycles. The van der Waals surface area contributed by atoms with E-state index in [-0.39, 0.29) is 21.4 Å². The van der Waals surface area contributed by atoms with Crippen molar-refractivity contribution in [3.05, 3.63) is 69.8 Å². The molecule has 0 unspecified atom stereocenters. The van der Waals surface area contributed by atoms with Gasteiger partial charge in [-0.25, -0.2) is 0 Å². The lowest BCUT2D eigenvalue weighted by atomic mass is 9.52. The number of hydrogen-bond acceptors (Lipinski definition) is 2. The van der Waals surface area contributed by atoms with E-state index in [1.807, 2.05) is 12.1 Å². The zero-order valence-corrected chi connectivity index (χ0v) is 19.2. The van der Waals surface area contributed by atoms with Gasteiger partial charge < -0.3 is 0 Å². The summed E-state index contributed by atoms with van der Waals surface area (Å²) in [4.78, 5) is 10.8. The minimum absolute atomic E-state index is 0.0317. The summed E-state index contributed by atoms with van der Waals surface area (Å²) in [6, 6.07) is 16.4. The second-order valence-electron chi connectivity index (χ2n) is 8.94. The molecule has 2 aromatic rings. The highest BCUT2D eigenvalue weighted by Crippen LogP contribution is 2.53. The highest BCUT2D eigenvalue weighted by molar-refractivity contribution is 5.48. The molecule has 4 nitrogen and oxygen atoms in total. The Morgan fingerprint density at radius 2 is 1.07 bits per heavy atom. The average Bonchev–Trinajstić information content (AvgIpc) is 2.72. The fourth-order valence-corrected chi connectivity index (χ4v) is 5.35. The Morgan fingerprint density at radius 3 is 1.34 bits per heavy atom. The molecule has 0 saturated heterocycles. The molecule has 0 spiro atoms. The van der Waals surface area contributed by atoms with Crippen LogP contribution < -0.4 is 4.48 Å². The predicted molar refractivity (Wildman–Crippen MR) is 124 cm³/mol. The second kappa shape index (κ2) is 8.66. The fourth-order valence-electron chi connectivity index (χ4n) is 5.35. The molecule has 4 heteroatoms. The molecule has 0 aliphatic heterocycles. The summed E-state index contributed by atoms with van der Waals surface area (Å²) in [6.07, 6.45) is 4.01. The number of nitrogens with zero attached hydrogens (tertiary/aromatic N) is 2. The van der Waals surface area contributed by atoms with Crippen LogP contribution in [0.4, 0.5) is 11.4 Å². The van der Waals surface area contributed by atoms with Gasteiger partial charge in [0.1, 0.15) is 5.69 Å². The summed E-state index contributed by atoms with van der Waals surface area (Å²) in [5.74, 6) is 0. The molecule has 0 aromatic heterocycles. The van der Waals surface area contributed by atoms with Crippen LogP contribution in [0.1, 0.15) is 64.5 Å². The highest BCUT2D eigenvalue weighted by Gasteiger charge is 2.49. The van der Waals surface area contributed by atoms with Gasteiger partial charge in [0.05, 0.1) is 26.1 Å². The molecule has 0 aliphatic carbocycles. The highest BCUT2D eigenvalue weighted by atomic mass is 16.6. The lowest BCUT2D eigenvalue weighted by Crippen LogP contribution is -2.48. The van der Waals surface area contributed by atoms with Gasteiger partial charge in [0.25, 0.3) is 5.69 Å². The van der Waals surface area contributed by atoms with Crippen molar-refractivity contribution >= 4 is 11.4 Å². The third-order valence-electron chi connectivity index (χ3n) is 7.16. The third-order valence-corrected chi connectivity index (χ3v) is 7.16. The standard InChI is InChI=1S/C25H37N2O2/c1-8-24(9-2,20-12-16-22(17-13-20)26(28)29)25(10-3,11-4)21-14-18-23(19-15-21)27(5,6)7/h12-19H,8-11H2,1-7H3/q+1. The number of hydrogen-bond donors (Lipinski definition) is 0. The number of nitro benzene ring substituents is 1.